The van der Waals surface area contributed by atoms with E-state index in [0.717, 1.165) is 27.0 Å². The van der Waals surface area contributed by atoms with Crippen molar-refractivity contribution in [3.05, 3.63) is 47.9 Å². The van der Waals surface area contributed by atoms with Crippen LogP contribution in [0.3, 0.4) is 0 Å². The van der Waals surface area contributed by atoms with E-state index in [1.165, 1.54) is 11.3 Å². The minimum atomic E-state index is 0.330. The maximum absolute atomic E-state index is 5.92. The Kier molecular flexibility index (Phi) is 3.74. The maximum atomic E-state index is 5.92. The summed E-state index contributed by atoms with van der Waals surface area (Å²) >= 11 is 7.42. The number of halogens is 1. The fourth-order valence-corrected chi connectivity index (χ4v) is 3.25. The average molecular weight is 359 g/mol. The Hall–Kier alpha value is -2.38. The Bertz CT molecular complexity index is 950. The number of nitrogens with zero attached hydrogens (tertiary/aromatic N) is 5. The Morgan fingerprint density at radius 3 is 2.62 bits per heavy atom. The van der Waals surface area contributed by atoms with Gasteiger partial charge in [0.05, 0.1) is 23.8 Å². The number of rotatable bonds is 4. The van der Waals surface area contributed by atoms with Gasteiger partial charge in [0.25, 0.3) is 0 Å². The normalized spacial score (nSPS) is 11.5. The average Bonchev–Trinajstić information content (AvgIpc) is 3.23. The van der Waals surface area contributed by atoms with E-state index in [1.807, 2.05) is 41.3 Å². The summed E-state index contributed by atoms with van der Waals surface area (Å²) < 4.78 is 3.68. The first-order valence-corrected chi connectivity index (χ1v) is 8.71. The largest absolute Gasteiger partial charge is 0.327 e. The van der Waals surface area contributed by atoms with Gasteiger partial charge in [-0.1, -0.05) is 35.1 Å². The van der Waals surface area contributed by atoms with Gasteiger partial charge < -0.3 is 5.32 Å². The van der Waals surface area contributed by atoms with Gasteiger partial charge in [-0.25, -0.2) is 9.50 Å². The highest BCUT2D eigenvalue weighted by Crippen LogP contribution is 2.27. The number of hydrogen-bond acceptors (Lipinski definition) is 5. The van der Waals surface area contributed by atoms with Crippen molar-refractivity contribution in [3.8, 4) is 11.3 Å². The highest BCUT2D eigenvalue weighted by Gasteiger charge is 2.11. The summed E-state index contributed by atoms with van der Waals surface area (Å²) in [6.45, 7) is 4.18. The molecule has 24 heavy (non-hydrogen) atoms. The molecule has 0 spiro atoms. The van der Waals surface area contributed by atoms with E-state index in [2.05, 4.69) is 34.3 Å². The van der Waals surface area contributed by atoms with Crippen molar-refractivity contribution in [3.63, 3.8) is 0 Å². The number of nitrogens with one attached hydrogen (secondary N) is 1. The summed E-state index contributed by atoms with van der Waals surface area (Å²) in [6.07, 6.45) is 5.68. The second-order valence-corrected chi connectivity index (χ2v) is 7.09. The summed E-state index contributed by atoms with van der Waals surface area (Å²) in [7, 11) is 0. The third-order valence-electron chi connectivity index (χ3n) is 3.57. The molecule has 0 saturated heterocycles. The van der Waals surface area contributed by atoms with Gasteiger partial charge in [0.2, 0.25) is 10.1 Å². The standard InChI is InChI=1S/C16H15ClN6S/c1-10(2)22-8-13(7-18-22)19-15-21-23-9-14(20-16(23)24-15)11-3-5-12(17)6-4-11/h3-10H,1-2H3,(H,19,21). The Labute approximate surface area is 147 Å². The molecule has 4 aromatic rings. The Balaban J connectivity index is 1.58. The van der Waals surface area contributed by atoms with Crippen LogP contribution in [0.25, 0.3) is 16.2 Å². The summed E-state index contributed by atoms with van der Waals surface area (Å²) in [5, 5.41) is 13.6. The molecule has 0 unspecified atom stereocenters. The zero-order valence-corrected chi connectivity index (χ0v) is 14.7. The van der Waals surface area contributed by atoms with Crippen LogP contribution in [0, 0.1) is 0 Å². The van der Waals surface area contributed by atoms with Gasteiger partial charge in [-0.3, -0.25) is 4.68 Å². The molecular formula is C16H15ClN6S. The lowest BCUT2D eigenvalue weighted by Gasteiger charge is -2.02. The quantitative estimate of drug-likeness (QED) is 0.577. The Morgan fingerprint density at radius 2 is 1.96 bits per heavy atom. The highest BCUT2D eigenvalue weighted by molar-refractivity contribution is 7.20. The van der Waals surface area contributed by atoms with Crippen LogP contribution in [0.4, 0.5) is 10.8 Å². The monoisotopic (exact) mass is 358 g/mol. The third-order valence-corrected chi connectivity index (χ3v) is 4.65. The molecule has 0 fully saturated rings. The van der Waals surface area contributed by atoms with Gasteiger partial charge in [0, 0.05) is 22.8 Å². The lowest BCUT2D eigenvalue weighted by atomic mass is 10.2. The number of hydrogen-bond donors (Lipinski definition) is 1. The number of imidazole rings is 1. The minimum absolute atomic E-state index is 0.330. The molecule has 0 amide bonds. The lowest BCUT2D eigenvalue weighted by Crippen LogP contribution is -1.99. The second kappa shape index (κ2) is 5.92. The van der Waals surface area contributed by atoms with Crippen LogP contribution in [0.1, 0.15) is 19.9 Å². The zero-order chi connectivity index (χ0) is 16.7. The van der Waals surface area contributed by atoms with Gasteiger partial charge >= 0.3 is 0 Å². The molecule has 0 radical (unpaired) electrons. The van der Waals surface area contributed by atoms with Crippen LogP contribution < -0.4 is 5.32 Å². The first-order chi connectivity index (χ1) is 11.6. The summed E-state index contributed by atoms with van der Waals surface area (Å²) in [4.78, 5) is 5.46. The molecule has 3 heterocycles. The van der Waals surface area contributed by atoms with Crippen molar-refractivity contribution in [2.24, 2.45) is 0 Å². The van der Waals surface area contributed by atoms with E-state index in [4.69, 9.17) is 11.6 Å². The predicted molar refractivity (Wildman–Crippen MR) is 97.2 cm³/mol. The van der Waals surface area contributed by atoms with E-state index in [9.17, 15) is 0 Å². The van der Waals surface area contributed by atoms with Crippen molar-refractivity contribution < 1.29 is 0 Å². The van der Waals surface area contributed by atoms with Crippen molar-refractivity contribution in [2.75, 3.05) is 5.32 Å². The molecule has 0 atom stereocenters. The van der Waals surface area contributed by atoms with E-state index in [-0.39, 0.29) is 0 Å². The van der Waals surface area contributed by atoms with Gasteiger partial charge in [-0.05, 0) is 26.0 Å². The summed E-state index contributed by atoms with van der Waals surface area (Å²) in [5.41, 5.74) is 2.81. The summed E-state index contributed by atoms with van der Waals surface area (Å²) in [6, 6.07) is 7.95. The second-order valence-electron chi connectivity index (χ2n) is 5.70. The van der Waals surface area contributed by atoms with Crippen LogP contribution in [0.5, 0.6) is 0 Å². The maximum Gasteiger partial charge on any atom is 0.214 e. The van der Waals surface area contributed by atoms with Crippen LogP contribution in [-0.2, 0) is 0 Å². The molecule has 122 valence electrons. The van der Waals surface area contributed by atoms with Gasteiger partial charge in [-0.15, -0.1) is 5.10 Å². The first-order valence-electron chi connectivity index (χ1n) is 7.52. The lowest BCUT2D eigenvalue weighted by molar-refractivity contribution is 0.532. The van der Waals surface area contributed by atoms with Crippen LogP contribution >= 0.6 is 22.9 Å². The van der Waals surface area contributed by atoms with E-state index in [0.29, 0.717) is 11.1 Å². The molecule has 1 N–H and O–H groups in total. The SMILES string of the molecule is CC(C)n1cc(Nc2nn3cc(-c4ccc(Cl)cc4)nc3s2)cn1. The van der Waals surface area contributed by atoms with Crippen molar-refractivity contribution in [2.45, 2.75) is 19.9 Å². The van der Waals surface area contributed by atoms with E-state index in [1.54, 1.807) is 10.7 Å². The number of anilines is 2. The fraction of sp³-hybridized carbons (Fsp3) is 0.188. The minimum Gasteiger partial charge on any atom is -0.327 e. The van der Waals surface area contributed by atoms with Gasteiger partial charge in [0.1, 0.15) is 0 Å². The van der Waals surface area contributed by atoms with Crippen molar-refractivity contribution in [1.29, 1.82) is 0 Å². The fourth-order valence-electron chi connectivity index (χ4n) is 2.32. The molecule has 0 aliphatic heterocycles. The van der Waals surface area contributed by atoms with E-state index >= 15 is 0 Å². The molecular weight excluding hydrogens is 344 g/mol. The molecule has 4 rings (SSSR count). The van der Waals surface area contributed by atoms with E-state index < -0.39 is 0 Å². The molecule has 0 aliphatic rings. The smallest absolute Gasteiger partial charge is 0.214 e. The molecule has 6 nitrogen and oxygen atoms in total. The first kappa shape index (κ1) is 15.2. The van der Waals surface area contributed by atoms with Gasteiger partial charge in [-0.2, -0.15) is 5.10 Å². The molecule has 3 aromatic heterocycles. The zero-order valence-electron chi connectivity index (χ0n) is 13.1. The highest BCUT2D eigenvalue weighted by atomic mass is 35.5. The number of benzene rings is 1. The predicted octanol–water partition coefficient (Wildman–Crippen LogP) is 4.63. The van der Waals surface area contributed by atoms with Crippen LogP contribution in [0.15, 0.2) is 42.9 Å². The Morgan fingerprint density at radius 1 is 1.17 bits per heavy atom. The van der Waals surface area contributed by atoms with Crippen molar-refractivity contribution >= 4 is 38.7 Å². The topological polar surface area (TPSA) is 60.0 Å². The number of fused-ring (bicyclic) bond motifs is 1. The third kappa shape index (κ3) is 2.88. The molecule has 0 aliphatic carbocycles. The van der Waals surface area contributed by atoms with Crippen LogP contribution in [-0.4, -0.2) is 24.4 Å². The molecule has 0 saturated carbocycles. The molecule has 8 heteroatoms. The summed E-state index contributed by atoms with van der Waals surface area (Å²) in [5.74, 6) is 0. The van der Waals surface area contributed by atoms with Crippen molar-refractivity contribution in [1.82, 2.24) is 24.4 Å². The number of aromatic nitrogens is 5. The molecule has 0 bridgehead atoms. The van der Waals surface area contributed by atoms with Crippen LogP contribution in [0.2, 0.25) is 5.02 Å². The molecule has 1 aromatic carbocycles. The van der Waals surface area contributed by atoms with Gasteiger partial charge in [0.15, 0.2) is 0 Å².